The number of rotatable bonds is 6. The number of amides is 2. The number of ether oxygens (including phenoxy) is 1. The minimum Gasteiger partial charge on any atom is -0.453 e. The van der Waals surface area contributed by atoms with E-state index in [1.807, 2.05) is 20.8 Å². The second-order valence-corrected chi connectivity index (χ2v) is 8.05. The molecule has 1 heterocycles. The molecular formula is C25H24FN3O3. The van der Waals surface area contributed by atoms with E-state index in [2.05, 4.69) is 15.6 Å². The molecule has 0 spiro atoms. The molecule has 1 aromatic heterocycles. The first kappa shape index (κ1) is 22.7. The van der Waals surface area contributed by atoms with E-state index in [-0.39, 0.29) is 11.7 Å². The van der Waals surface area contributed by atoms with Crippen LogP contribution in [0.5, 0.6) is 11.5 Å². The minimum absolute atomic E-state index is 0.0541. The Kier molecular flexibility index (Phi) is 7.00. The van der Waals surface area contributed by atoms with E-state index in [4.69, 9.17) is 4.74 Å². The van der Waals surface area contributed by atoms with Gasteiger partial charge in [0.1, 0.15) is 5.75 Å². The van der Waals surface area contributed by atoms with Gasteiger partial charge in [0.25, 0.3) is 5.91 Å². The molecule has 3 aromatic rings. The first-order valence-electron chi connectivity index (χ1n) is 9.99. The second kappa shape index (κ2) is 9.87. The molecule has 7 heteroatoms. The Morgan fingerprint density at radius 1 is 1.06 bits per heavy atom. The highest BCUT2D eigenvalue weighted by molar-refractivity contribution is 6.07. The van der Waals surface area contributed by atoms with Crippen LogP contribution in [-0.4, -0.2) is 22.3 Å². The van der Waals surface area contributed by atoms with Crippen LogP contribution in [0.15, 0.2) is 73.1 Å². The fourth-order valence-corrected chi connectivity index (χ4v) is 2.78. The molecule has 32 heavy (non-hydrogen) atoms. The summed E-state index contributed by atoms with van der Waals surface area (Å²) in [6, 6.07) is 14.5. The Labute approximate surface area is 186 Å². The molecule has 6 nitrogen and oxygen atoms in total. The summed E-state index contributed by atoms with van der Waals surface area (Å²) in [5, 5.41) is 5.56. The van der Waals surface area contributed by atoms with E-state index >= 15 is 0 Å². The van der Waals surface area contributed by atoms with E-state index in [0.717, 1.165) is 0 Å². The summed E-state index contributed by atoms with van der Waals surface area (Å²) in [5.74, 6) is -0.831. The number of nitrogens with one attached hydrogen (secondary N) is 2. The molecule has 0 unspecified atom stereocenters. The standard InChI is InChI=1S/C25H24FN3O3/c1-25(2,3)29-24(31)19-8-4-5-9-21(19)28-23(30)13-11-17-10-12-22(20(26)15-17)32-18-7-6-14-27-16-18/h4-16H,1-3H3,(H,28,30)(H,29,31)/b13-11+. The molecule has 0 saturated carbocycles. The molecule has 0 aliphatic rings. The van der Waals surface area contributed by atoms with Crippen LogP contribution in [0.1, 0.15) is 36.7 Å². The molecule has 3 rings (SSSR count). The van der Waals surface area contributed by atoms with Crippen molar-refractivity contribution in [3.8, 4) is 11.5 Å². The van der Waals surface area contributed by atoms with Gasteiger partial charge in [-0.05, 0) is 68.8 Å². The van der Waals surface area contributed by atoms with Crippen LogP contribution in [0.3, 0.4) is 0 Å². The molecular weight excluding hydrogens is 409 g/mol. The maximum absolute atomic E-state index is 14.4. The van der Waals surface area contributed by atoms with Crippen molar-refractivity contribution in [2.24, 2.45) is 0 Å². The van der Waals surface area contributed by atoms with Crippen molar-refractivity contribution in [3.63, 3.8) is 0 Å². The third-order valence-corrected chi connectivity index (χ3v) is 4.16. The number of para-hydroxylation sites is 1. The minimum atomic E-state index is -0.569. The highest BCUT2D eigenvalue weighted by Gasteiger charge is 2.18. The van der Waals surface area contributed by atoms with Gasteiger partial charge in [-0.15, -0.1) is 0 Å². The van der Waals surface area contributed by atoms with E-state index < -0.39 is 17.3 Å². The zero-order valence-electron chi connectivity index (χ0n) is 18.1. The molecule has 164 valence electrons. The van der Waals surface area contributed by atoms with Crippen LogP contribution in [0, 0.1) is 5.82 Å². The molecule has 0 aliphatic carbocycles. The lowest BCUT2D eigenvalue weighted by molar-refractivity contribution is -0.111. The highest BCUT2D eigenvalue weighted by Crippen LogP contribution is 2.25. The monoisotopic (exact) mass is 433 g/mol. The topological polar surface area (TPSA) is 80.3 Å². The number of hydrogen-bond donors (Lipinski definition) is 2. The lowest BCUT2D eigenvalue weighted by atomic mass is 10.1. The highest BCUT2D eigenvalue weighted by atomic mass is 19.1. The predicted molar refractivity (Wildman–Crippen MR) is 122 cm³/mol. The average molecular weight is 433 g/mol. The predicted octanol–water partition coefficient (Wildman–Crippen LogP) is 5.19. The number of nitrogens with zero attached hydrogens (tertiary/aromatic N) is 1. The Hall–Kier alpha value is -4.00. The Morgan fingerprint density at radius 2 is 1.84 bits per heavy atom. The van der Waals surface area contributed by atoms with Crippen LogP contribution < -0.4 is 15.4 Å². The molecule has 0 saturated heterocycles. The third kappa shape index (κ3) is 6.50. The van der Waals surface area contributed by atoms with Gasteiger partial charge < -0.3 is 15.4 Å². The van der Waals surface area contributed by atoms with Gasteiger partial charge in [-0.1, -0.05) is 18.2 Å². The van der Waals surface area contributed by atoms with Crippen LogP contribution in [0.2, 0.25) is 0 Å². The molecule has 2 amide bonds. The fraction of sp³-hybridized carbons (Fsp3) is 0.160. The number of carbonyl (C=O) groups is 2. The van der Waals surface area contributed by atoms with Crippen LogP contribution in [0.4, 0.5) is 10.1 Å². The SMILES string of the molecule is CC(C)(C)NC(=O)c1ccccc1NC(=O)/C=C/c1ccc(Oc2cccnc2)c(F)c1. The van der Waals surface area contributed by atoms with Gasteiger partial charge in [0.2, 0.25) is 5.91 Å². The van der Waals surface area contributed by atoms with Gasteiger partial charge in [-0.25, -0.2) is 4.39 Å². The first-order valence-corrected chi connectivity index (χ1v) is 9.99. The van der Waals surface area contributed by atoms with E-state index in [0.29, 0.717) is 22.6 Å². The molecule has 0 atom stereocenters. The van der Waals surface area contributed by atoms with Gasteiger partial charge in [0.05, 0.1) is 17.4 Å². The summed E-state index contributed by atoms with van der Waals surface area (Å²) >= 11 is 0. The number of benzene rings is 2. The van der Waals surface area contributed by atoms with Crippen molar-refractivity contribution in [3.05, 3.63) is 90.0 Å². The summed E-state index contributed by atoms with van der Waals surface area (Å²) in [4.78, 5) is 28.8. The van der Waals surface area contributed by atoms with E-state index in [1.165, 1.54) is 30.5 Å². The normalized spacial score (nSPS) is 11.2. The van der Waals surface area contributed by atoms with Gasteiger partial charge in [-0.3, -0.25) is 14.6 Å². The molecule has 0 radical (unpaired) electrons. The van der Waals surface area contributed by atoms with Crippen molar-refractivity contribution in [2.75, 3.05) is 5.32 Å². The summed E-state index contributed by atoms with van der Waals surface area (Å²) < 4.78 is 19.8. The van der Waals surface area contributed by atoms with E-state index in [9.17, 15) is 14.0 Å². The summed E-state index contributed by atoms with van der Waals surface area (Å²) in [7, 11) is 0. The number of anilines is 1. The number of aromatic nitrogens is 1. The Morgan fingerprint density at radius 3 is 2.53 bits per heavy atom. The fourth-order valence-electron chi connectivity index (χ4n) is 2.78. The molecule has 2 aromatic carbocycles. The van der Waals surface area contributed by atoms with Crippen LogP contribution in [0.25, 0.3) is 6.08 Å². The average Bonchev–Trinajstić information content (AvgIpc) is 2.74. The van der Waals surface area contributed by atoms with Crippen molar-refractivity contribution in [2.45, 2.75) is 26.3 Å². The van der Waals surface area contributed by atoms with Gasteiger partial charge in [0, 0.05) is 17.8 Å². The zero-order chi connectivity index (χ0) is 23.1. The van der Waals surface area contributed by atoms with Crippen LogP contribution in [-0.2, 0) is 4.79 Å². The second-order valence-electron chi connectivity index (χ2n) is 8.05. The maximum Gasteiger partial charge on any atom is 0.253 e. The number of pyridine rings is 1. The number of hydrogen-bond acceptors (Lipinski definition) is 4. The third-order valence-electron chi connectivity index (χ3n) is 4.16. The first-order chi connectivity index (χ1) is 15.2. The maximum atomic E-state index is 14.4. The van der Waals surface area contributed by atoms with Crippen molar-refractivity contribution in [1.82, 2.24) is 10.3 Å². The van der Waals surface area contributed by atoms with Crippen molar-refractivity contribution < 1.29 is 18.7 Å². The lowest BCUT2D eigenvalue weighted by Gasteiger charge is -2.21. The largest absolute Gasteiger partial charge is 0.453 e. The zero-order valence-corrected chi connectivity index (χ0v) is 18.1. The molecule has 2 N–H and O–H groups in total. The Bertz CT molecular complexity index is 1140. The molecule has 0 fully saturated rings. The van der Waals surface area contributed by atoms with Crippen LogP contribution >= 0.6 is 0 Å². The van der Waals surface area contributed by atoms with Crippen molar-refractivity contribution in [1.29, 1.82) is 0 Å². The van der Waals surface area contributed by atoms with Gasteiger partial charge in [-0.2, -0.15) is 0 Å². The smallest absolute Gasteiger partial charge is 0.253 e. The molecule has 0 aliphatic heterocycles. The quantitative estimate of drug-likeness (QED) is 0.524. The van der Waals surface area contributed by atoms with Crippen molar-refractivity contribution >= 4 is 23.6 Å². The summed E-state index contributed by atoms with van der Waals surface area (Å²) in [5.41, 5.74) is 0.808. The lowest BCUT2D eigenvalue weighted by Crippen LogP contribution is -2.40. The van der Waals surface area contributed by atoms with Gasteiger partial charge >= 0.3 is 0 Å². The molecule has 0 bridgehead atoms. The number of halogens is 1. The number of carbonyl (C=O) groups excluding carboxylic acids is 2. The summed E-state index contributed by atoms with van der Waals surface area (Å²) in [6.45, 7) is 5.63. The summed E-state index contributed by atoms with van der Waals surface area (Å²) in [6.07, 6.45) is 5.83. The Balaban J connectivity index is 1.67. The van der Waals surface area contributed by atoms with E-state index in [1.54, 1.807) is 48.7 Å². The van der Waals surface area contributed by atoms with Gasteiger partial charge in [0.15, 0.2) is 11.6 Å².